The first-order chi connectivity index (χ1) is 5.53. The number of rotatable bonds is 2. The number of aryl methyl sites for hydroxylation is 1. The summed E-state index contributed by atoms with van der Waals surface area (Å²) < 4.78 is 1.84. The van der Waals surface area contributed by atoms with E-state index in [1.807, 2.05) is 11.6 Å². The summed E-state index contributed by atoms with van der Waals surface area (Å²) in [5.41, 5.74) is 0.252. The molecule has 68 valence electrons. The summed E-state index contributed by atoms with van der Waals surface area (Å²) >= 11 is 0. The molecule has 1 aromatic rings. The average molecular weight is 168 g/mol. The van der Waals surface area contributed by atoms with Crippen molar-refractivity contribution >= 4 is 0 Å². The standard InChI is InChI=1S/C8H16N4/c1-5-12-7(9-10-11-12)6-8(2,3)4/h5-6H2,1-4H3. The molecule has 0 spiro atoms. The van der Waals surface area contributed by atoms with Gasteiger partial charge in [-0.2, -0.15) is 0 Å². The topological polar surface area (TPSA) is 43.6 Å². The van der Waals surface area contributed by atoms with Crippen molar-refractivity contribution < 1.29 is 0 Å². The Hall–Kier alpha value is -0.930. The molecular weight excluding hydrogens is 152 g/mol. The number of hydrogen-bond donors (Lipinski definition) is 0. The van der Waals surface area contributed by atoms with Crippen molar-refractivity contribution in [3.63, 3.8) is 0 Å². The lowest BCUT2D eigenvalue weighted by molar-refractivity contribution is 0.388. The van der Waals surface area contributed by atoms with E-state index in [1.165, 1.54) is 0 Å². The molecule has 0 atom stereocenters. The SMILES string of the molecule is CCn1nnnc1CC(C)(C)C. The lowest BCUT2D eigenvalue weighted by Gasteiger charge is -2.16. The third-order valence-corrected chi connectivity index (χ3v) is 1.59. The minimum absolute atomic E-state index is 0.252. The normalized spacial score (nSPS) is 12.0. The average Bonchev–Trinajstić information content (AvgIpc) is 2.31. The fourth-order valence-corrected chi connectivity index (χ4v) is 1.07. The molecule has 0 aliphatic carbocycles. The highest BCUT2D eigenvalue weighted by atomic mass is 15.5. The minimum Gasteiger partial charge on any atom is -0.230 e. The first-order valence-electron chi connectivity index (χ1n) is 4.28. The summed E-state index contributed by atoms with van der Waals surface area (Å²) in [6, 6.07) is 0. The largest absolute Gasteiger partial charge is 0.230 e. The van der Waals surface area contributed by atoms with Gasteiger partial charge in [0.25, 0.3) is 0 Å². The second kappa shape index (κ2) is 3.21. The second-order valence-corrected chi connectivity index (χ2v) is 4.15. The molecule has 0 unspecified atom stereocenters. The molecule has 0 aliphatic rings. The van der Waals surface area contributed by atoms with E-state index in [0.29, 0.717) is 0 Å². The summed E-state index contributed by atoms with van der Waals surface area (Å²) in [4.78, 5) is 0. The maximum Gasteiger partial charge on any atom is 0.151 e. The Bertz CT molecular complexity index is 246. The van der Waals surface area contributed by atoms with Crippen LogP contribution in [0.5, 0.6) is 0 Å². The fourth-order valence-electron chi connectivity index (χ4n) is 1.07. The molecule has 0 saturated heterocycles. The van der Waals surface area contributed by atoms with E-state index in [0.717, 1.165) is 18.8 Å². The van der Waals surface area contributed by atoms with E-state index in [-0.39, 0.29) is 5.41 Å². The maximum absolute atomic E-state index is 3.97. The summed E-state index contributed by atoms with van der Waals surface area (Å²) in [5.74, 6) is 0.977. The zero-order valence-electron chi connectivity index (χ0n) is 8.20. The van der Waals surface area contributed by atoms with Gasteiger partial charge in [-0.1, -0.05) is 20.8 Å². The fraction of sp³-hybridized carbons (Fsp3) is 0.875. The first-order valence-corrected chi connectivity index (χ1v) is 4.28. The molecule has 0 bridgehead atoms. The van der Waals surface area contributed by atoms with Crippen molar-refractivity contribution in [1.82, 2.24) is 20.2 Å². The van der Waals surface area contributed by atoms with Crippen LogP contribution in [0.4, 0.5) is 0 Å². The summed E-state index contributed by atoms with van der Waals surface area (Å²) in [6.45, 7) is 9.44. The molecule has 1 rings (SSSR count). The van der Waals surface area contributed by atoms with Crippen molar-refractivity contribution in [1.29, 1.82) is 0 Å². The zero-order valence-corrected chi connectivity index (χ0v) is 8.20. The Labute approximate surface area is 73.0 Å². The van der Waals surface area contributed by atoms with Gasteiger partial charge >= 0.3 is 0 Å². The van der Waals surface area contributed by atoms with Gasteiger partial charge in [0, 0.05) is 13.0 Å². The van der Waals surface area contributed by atoms with Crippen LogP contribution in [0.15, 0.2) is 0 Å². The molecule has 12 heavy (non-hydrogen) atoms. The molecule has 4 nitrogen and oxygen atoms in total. The van der Waals surface area contributed by atoms with E-state index in [9.17, 15) is 0 Å². The molecule has 0 aromatic carbocycles. The predicted molar refractivity (Wildman–Crippen MR) is 46.7 cm³/mol. The highest BCUT2D eigenvalue weighted by Crippen LogP contribution is 2.18. The molecule has 0 amide bonds. The number of nitrogens with zero attached hydrogens (tertiary/aromatic N) is 4. The van der Waals surface area contributed by atoms with E-state index in [2.05, 4.69) is 36.3 Å². The van der Waals surface area contributed by atoms with Crippen LogP contribution in [0, 0.1) is 5.41 Å². The van der Waals surface area contributed by atoms with Gasteiger partial charge in [0.15, 0.2) is 5.82 Å². The van der Waals surface area contributed by atoms with Gasteiger partial charge in [-0.3, -0.25) is 0 Å². The summed E-state index contributed by atoms with van der Waals surface area (Å²) in [5, 5.41) is 11.5. The Morgan fingerprint density at radius 2 is 2.00 bits per heavy atom. The van der Waals surface area contributed by atoms with Gasteiger partial charge in [-0.05, 0) is 22.8 Å². The van der Waals surface area contributed by atoms with Crippen LogP contribution in [-0.2, 0) is 13.0 Å². The minimum atomic E-state index is 0.252. The Kier molecular flexibility index (Phi) is 2.45. The highest BCUT2D eigenvalue weighted by molar-refractivity contribution is 4.86. The van der Waals surface area contributed by atoms with Crippen molar-refractivity contribution in [2.75, 3.05) is 0 Å². The number of aromatic nitrogens is 4. The van der Waals surface area contributed by atoms with E-state index in [1.54, 1.807) is 0 Å². The predicted octanol–water partition coefficient (Wildman–Crippen LogP) is 1.28. The van der Waals surface area contributed by atoms with Crippen LogP contribution in [-0.4, -0.2) is 20.2 Å². The van der Waals surface area contributed by atoms with E-state index in [4.69, 9.17) is 0 Å². The molecule has 1 aromatic heterocycles. The molecule has 1 heterocycles. The molecular formula is C8H16N4. The Morgan fingerprint density at radius 3 is 2.50 bits per heavy atom. The van der Waals surface area contributed by atoms with E-state index < -0.39 is 0 Å². The van der Waals surface area contributed by atoms with Gasteiger partial charge < -0.3 is 0 Å². The first kappa shape index (κ1) is 9.16. The van der Waals surface area contributed by atoms with Crippen LogP contribution < -0.4 is 0 Å². The molecule has 0 N–H and O–H groups in total. The molecule has 0 saturated carbocycles. The van der Waals surface area contributed by atoms with Gasteiger partial charge in [-0.25, -0.2) is 4.68 Å². The third kappa shape index (κ3) is 2.29. The van der Waals surface area contributed by atoms with Gasteiger partial charge in [0.1, 0.15) is 0 Å². The number of hydrogen-bond acceptors (Lipinski definition) is 3. The zero-order chi connectivity index (χ0) is 9.19. The second-order valence-electron chi connectivity index (χ2n) is 4.15. The quantitative estimate of drug-likeness (QED) is 0.668. The van der Waals surface area contributed by atoms with Crippen LogP contribution in [0.25, 0.3) is 0 Å². The molecule has 0 radical (unpaired) electrons. The smallest absolute Gasteiger partial charge is 0.151 e. The van der Waals surface area contributed by atoms with Crippen LogP contribution >= 0.6 is 0 Å². The summed E-state index contributed by atoms with van der Waals surface area (Å²) in [6.07, 6.45) is 0.924. The summed E-state index contributed by atoms with van der Waals surface area (Å²) in [7, 11) is 0. The monoisotopic (exact) mass is 168 g/mol. The van der Waals surface area contributed by atoms with Crippen molar-refractivity contribution in [3.05, 3.63) is 5.82 Å². The van der Waals surface area contributed by atoms with Crippen LogP contribution in [0.1, 0.15) is 33.5 Å². The third-order valence-electron chi connectivity index (χ3n) is 1.59. The van der Waals surface area contributed by atoms with Crippen molar-refractivity contribution in [2.24, 2.45) is 5.41 Å². The van der Waals surface area contributed by atoms with Crippen molar-refractivity contribution in [2.45, 2.75) is 40.7 Å². The van der Waals surface area contributed by atoms with Gasteiger partial charge in [-0.15, -0.1) is 5.10 Å². The maximum atomic E-state index is 3.97. The molecule has 4 heteroatoms. The lowest BCUT2D eigenvalue weighted by atomic mass is 9.92. The molecule has 0 fully saturated rings. The molecule has 0 aliphatic heterocycles. The van der Waals surface area contributed by atoms with E-state index >= 15 is 0 Å². The highest BCUT2D eigenvalue weighted by Gasteiger charge is 2.15. The van der Waals surface area contributed by atoms with Crippen LogP contribution in [0.3, 0.4) is 0 Å². The lowest BCUT2D eigenvalue weighted by Crippen LogP contribution is -2.14. The van der Waals surface area contributed by atoms with Gasteiger partial charge in [0.05, 0.1) is 0 Å². The Balaban J connectivity index is 2.75. The van der Waals surface area contributed by atoms with Gasteiger partial charge in [0.2, 0.25) is 0 Å². The Morgan fingerprint density at radius 1 is 1.33 bits per heavy atom. The number of tetrazole rings is 1. The van der Waals surface area contributed by atoms with Crippen LogP contribution in [0.2, 0.25) is 0 Å². The van der Waals surface area contributed by atoms with Crippen molar-refractivity contribution in [3.8, 4) is 0 Å².